The molecule has 0 radical (unpaired) electrons. The van der Waals surface area contributed by atoms with Gasteiger partial charge in [0, 0.05) is 10.8 Å². The zero-order chi connectivity index (χ0) is 21.1. The van der Waals surface area contributed by atoms with E-state index < -0.39 is 15.6 Å². The number of nitrogens with zero attached hydrogens (tertiary/aromatic N) is 2. The molecule has 4 aliphatic rings. The fourth-order valence-corrected chi connectivity index (χ4v) is 9.73. The van der Waals surface area contributed by atoms with Crippen LogP contribution in [0.1, 0.15) is 71.4 Å². The molecule has 4 fully saturated rings. The molecule has 1 heterocycles. The van der Waals surface area contributed by atoms with Crippen molar-refractivity contribution in [2.75, 3.05) is 4.31 Å². The SMILES string of the molecule is CCC(C)(C)N(c1nc(C23CC4CC(CC(C4)C2)C3)cs1)S(=O)(=O)c1ccccc1. The maximum atomic E-state index is 13.7. The van der Waals surface area contributed by atoms with Crippen LogP contribution in [0.2, 0.25) is 0 Å². The number of hydrogen-bond acceptors (Lipinski definition) is 4. The lowest BCUT2D eigenvalue weighted by Crippen LogP contribution is -2.49. The van der Waals surface area contributed by atoms with Crippen LogP contribution in [0.15, 0.2) is 40.6 Å². The molecule has 4 saturated carbocycles. The van der Waals surface area contributed by atoms with Crippen LogP contribution in [0.3, 0.4) is 0 Å². The van der Waals surface area contributed by atoms with Gasteiger partial charge in [0.15, 0.2) is 5.13 Å². The molecule has 0 aliphatic heterocycles. The van der Waals surface area contributed by atoms with E-state index in [1.807, 2.05) is 26.8 Å². The molecule has 6 heteroatoms. The first kappa shape index (κ1) is 20.5. The van der Waals surface area contributed by atoms with E-state index in [4.69, 9.17) is 4.98 Å². The molecule has 4 aliphatic carbocycles. The van der Waals surface area contributed by atoms with Crippen LogP contribution in [0, 0.1) is 17.8 Å². The summed E-state index contributed by atoms with van der Waals surface area (Å²) < 4.78 is 29.0. The summed E-state index contributed by atoms with van der Waals surface area (Å²) in [5.74, 6) is 2.54. The number of aromatic nitrogens is 1. The third-order valence-electron chi connectivity index (χ3n) is 7.94. The Kier molecular flexibility index (Phi) is 4.82. The molecule has 1 aromatic carbocycles. The van der Waals surface area contributed by atoms with Gasteiger partial charge in [0.25, 0.3) is 10.0 Å². The molecular weight excluding hydrogens is 412 g/mol. The van der Waals surface area contributed by atoms with Gasteiger partial charge in [-0.25, -0.2) is 17.7 Å². The maximum absolute atomic E-state index is 13.7. The fourth-order valence-electron chi connectivity index (χ4n) is 6.55. The van der Waals surface area contributed by atoms with Crippen molar-refractivity contribution in [2.45, 2.75) is 81.6 Å². The van der Waals surface area contributed by atoms with Crippen molar-refractivity contribution in [1.82, 2.24) is 4.98 Å². The predicted octanol–water partition coefficient (Wildman–Crippen LogP) is 5.99. The van der Waals surface area contributed by atoms with E-state index in [1.54, 1.807) is 28.6 Å². The average molecular weight is 445 g/mol. The van der Waals surface area contributed by atoms with Crippen LogP contribution < -0.4 is 4.31 Å². The van der Waals surface area contributed by atoms with Crippen molar-refractivity contribution < 1.29 is 8.42 Å². The summed E-state index contributed by atoms with van der Waals surface area (Å²) in [6, 6.07) is 8.78. The van der Waals surface area contributed by atoms with Gasteiger partial charge < -0.3 is 0 Å². The van der Waals surface area contributed by atoms with Crippen molar-refractivity contribution in [3.05, 3.63) is 41.4 Å². The summed E-state index contributed by atoms with van der Waals surface area (Å²) in [4.78, 5) is 5.40. The number of benzene rings is 1. The minimum atomic E-state index is -3.69. The quantitative estimate of drug-likeness (QED) is 0.549. The Morgan fingerprint density at radius 3 is 2.17 bits per heavy atom. The van der Waals surface area contributed by atoms with Crippen molar-refractivity contribution in [3.8, 4) is 0 Å². The second-order valence-electron chi connectivity index (χ2n) is 10.5. The molecule has 1 aromatic heterocycles. The minimum Gasteiger partial charge on any atom is -0.235 e. The zero-order valence-electron chi connectivity index (χ0n) is 18.2. The number of hydrogen-bond donors (Lipinski definition) is 0. The smallest absolute Gasteiger partial charge is 0.235 e. The average Bonchev–Trinajstić information content (AvgIpc) is 3.17. The van der Waals surface area contributed by atoms with Crippen LogP contribution in [-0.2, 0) is 15.4 Å². The van der Waals surface area contributed by atoms with Crippen LogP contribution in [0.4, 0.5) is 5.13 Å². The molecule has 162 valence electrons. The lowest BCUT2D eigenvalue weighted by atomic mass is 9.49. The Hall–Kier alpha value is -1.40. The van der Waals surface area contributed by atoms with Gasteiger partial charge >= 0.3 is 0 Å². The molecule has 0 N–H and O–H groups in total. The summed E-state index contributed by atoms with van der Waals surface area (Å²) in [5.41, 5.74) is 0.787. The van der Waals surface area contributed by atoms with Gasteiger partial charge in [-0.3, -0.25) is 0 Å². The number of anilines is 1. The number of thiazole rings is 1. The lowest BCUT2D eigenvalue weighted by Gasteiger charge is -2.56. The van der Waals surface area contributed by atoms with E-state index in [0.29, 0.717) is 16.4 Å². The molecule has 30 heavy (non-hydrogen) atoms. The third-order valence-corrected chi connectivity index (χ3v) is 10.9. The minimum absolute atomic E-state index is 0.183. The van der Waals surface area contributed by atoms with E-state index in [0.717, 1.165) is 23.4 Å². The van der Waals surface area contributed by atoms with Crippen molar-refractivity contribution in [1.29, 1.82) is 0 Å². The van der Waals surface area contributed by atoms with Crippen molar-refractivity contribution in [2.24, 2.45) is 17.8 Å². The number of sulfonamides is 1. The molecule has 4 bridgehead atoms. The highest BCUT2D eigenvalue weighted by Gasteiger charge is 2.53. The fraction of sp³-hybridized carbons (Fsp3) is 0.625. The van der Waals surface area contributed by atoms with Gasteiger partial charge in [-0.05, 0) is 88.7 Å². The molecule has 6 rings (SSSR count). The summed E-state index contributed by atoms with van der Waals surface area (Å²) >= 11 is 1.51. The Labute approximate surface area is 184 Å². The molecule has 0 amide bonds. The van der Waals surface area contributed by atoms with Crippen LogP contribution in [-0.4, -0.2) is 18.9 Å². The topological polar surface area (TPSA) is 50.3 Å². The van der Waals surface area contributed by atoms with Crippen LogP contribution in [0.5, 0.6) is 0 Å². The summed E-state index contributed by atoms with van der Waals surface area (Å²) in [6.07, 6.45) is 8.63. The van der Waals surface area contributed by atoms with E-state index in [1.165, 1.54) is 49.9 Å². The lowest BCUT2D eigenvalue weighted by molar-refractivity contribution is -0.00690. The first-order valence-electron chi connectivity index (χ1n) is 11.3. The predicted molar refractivity (Wildman–Crippen MR) is 122 cm³/mol. The van der Waals surface area contributed by atoms with Crippen molar-refractivity contribution in [3.63, 3.8) is 0 Å². The third kappa shape index (κ3) is 3.22. The summed E-state index contributed by atoms with van der Waals surface area (Å²) in [6.45, 7) is 6.04. The molecular formula is C24H32N2O2S2. The number of rotatable bonds is 6. The van der Waals surface area contributed by atoms with Gasteiger partial charge in [0.1, 0.15) is 0 Å². The summed E-state index contributed by atoms with van der Waals surface area (Å²) in [5, 5.41) is 2.79. The van der Waals surface area contributed by atoms with Crippen LogP contribution in [0.25, 0.3) is 0 Å². The van der Waals surface area contributed by atoms with E-state index in [9.17, 15) is 8.42 Å². The molecule has 0 spiro atoms. The zero-order valence-corrected chi connectivity index (χ0v) is 19.8. The molecule has 2 aromatic rings. The largest absolute Gasteiger partial charge is 0.266 e. The second kappa shape index (κ2) is 7.06. The Bertz CT molecular complexity index is 991. The standard InChI is InChI=1S/C24H32N2O2S2/c1-4-23(2,3)26(30(27,28)20-8-6-5-7-9-20)22-25-21(16-29-22)24-13-17-10-18(14-24)12-19(11-17)15-24/h5-9,16-19H,4,10-15H2,1-3H3. The highest BCUT2D eigenvalue weighted by molar-refractivity contribution is 7.93. The van der Waals surface area contributed by atoms with Gasteiger partial charge in [-0.2, -0.15) is 0 Å². The maximum Gasteiger partial charge on any atom is 0.266 e. The Morgan fingerprint density at radius 1 is 1.07 bits per heavy atom. The second-order valence-corrected chi connectivity index (χ2v) is 13.1. The normalized spacial score (nSPS) is 30.6. The van der Waals surface area contributed by atoms with Gasteiger partial charge in [0.05, 0.1) is 16.1 Å². The molecule has 0 saturated heterocycles. The van der Waals surface area contributed by atoms with Gasteiger partial charge in [0.2, 0.25) is 0 Å². The van der Waals surface area contributed by atoms with Gasteiger partial charge in [-0.15, -0.1) is 11.3 Å². The summed E-state index contributed by atoms with van der Waals surface area (Å²) in [7, 11) is -3.69. The Morgan fingerprint density at radius 2 is 1.63 bits per heavy atom. The molecule has 0 unspecified atom stereocenters. The van der Waals surface area contributed by atoms with Crippen molar-refractivity contribution >= 4 is 26.5 Å². The molecule has 4 nitrogen and oxygen atoms in total. The highest BCUT2D eigenvalue weighted by Crippen LogP contribution is 2.61. The van der Waals surface area contributed by atoms with E-state index in [2.05, 4.69) is 5.38 Å². The van der Waals surface area contributed by atoms with Crippen LogP contribution >= 0.6 is 11.3 Å². The van der Waals surface area contributed by atoms with E-state index >= 15 is 0 Å². The highest BCUT2D eigenvalue weighted by atomic mass is 32.2. The first-order chi connectivity index (χ1) is 14.2. The van der Waals surface area contributed by atoms with E-state index in [-0.39, 0.29) is 5.41 Å². The first-order valence-corrected chi connectivity index (χ1v) is 13.6. The molecule has 0 atom stereocenters. The van der Waals surface area contributed by atoms with Gasteiger partial charge in [-0.1, -0.05) is 25.1 Å². The Balaban J connectivity index is 1.55. The monoisotopic (exact) mass is 444 g/mol.